The van der Waals surface area contributed by atoms with Gasteiger partial charge in [0.25, 0.3) is 0 Å². The number of fused-ring (bicyclic) bond motifs is 1. The molecule has 4 nitrogen and oxygen atoms in total. The second-order valence-electron chi connectivity index (χ2n) is 4.84. The number of hydrogen-bond acceptors (Lipinski definition) is 3. The fourth-order valence-corrected chi connectivity index (χ4v) is 3.41. The predicted octanol–water partition coefficient (Wildman–Crippen LogP) is 4.69. The van der Waals surface area contributed by atoms with Crippen molar-refractivity contribution in [2.45, 2.75) is 6.92 Å². The first-order valence-electron chi connectivity index (χ1n) is 6.54. The molecule has 0 aliphatic carbocycles. The van der Waals surface area contributed by atoms with Crippen molar-refractivity contribution in [3.8, 4) is 11.4 Å². The lowest BCUT2D eigenvalue weighted by atomic mass is 10.1. The molecule has 0 spiro atoms. The molecule has 0 saturated carbocycles. The number of imidazole rings is 1. The highest BCUT2D eigenvalue weighted by Crippen LogP contribution is 2.30. The van der Waals surface area contributed by atoms with Crippen LogP contribution in [0.15, 0.2) is 34.8 Å². The van der Waals surface area contributed by atoms with Gasteiger partial charge >= 0.3 is 5.97 Å². The van der Waals surface area contributed by atoms with Crippen molar-refractivity contribution in [1.82, 2.24) is 9.97 Å². The molecule has 2 aromatic carbocycles. The van der Waals surface area contributed by atoms with Crippen LogP contribution in [0.25, 0.3) is 22.4 Å². The fraction of sp³-hybridized carbons (Fsp3) is 0.125. The molecule has 0 aliphatic heterocycles. The fourth-order valence-electron chi connectivity index (χ4n) is 2.30. The second-order valence-corrected chi connectivity index (χ2v) is 6.86. The first-order valence-corrected chi connectivity index (χ1v) is 8.41. The minimum absolute atomic E-state index is 0.358. The minimum Gasteiger partial charge on any atom is -0.465 e. The summed E-state index contributed by atoms with van der Waals surface area (Å²) in [5.41, 5.74) is 4.32. The Morgan fingerprint density at radius 1 is 1.36 bits per heavy atom. The number of carbonyl (C=O) groups is 1. The largest absolute Gasteiger partial charge is 0.465 e. The molecule has 0 aliphatic rings. The smallest absolute Gasteiger partial charge is 0.337 e. The molecule has 3 rings (SSSR count). The summed E-state index contributed by atoms with van der Waals surface area (Å²) in [5, 5.41) is 0. The minimum atomic E-state index is -0.358. The van der Waals surface area contributed by atoms with E-state index in [9.17, 15) is 4.79 Å². The van der Waals surface area contributed by atoms with E-state index in [1.165, 1.54) is 7.11 Å². The summed E-state index contributed by atoms with van der Waals surface area (Å²) in [4.78, 5) is 19.7. The van der Waals surface area contributed by atoms with Gasteiger partial charge in [0, 0.05) is 13.6 Å². The Hall–Kier alpha value is -1.41. The maximum atomic E-state index is 11.7. The van der Waals surface area contributed by atoms with Crippen molar-refractivity contribution in [1.29, 1.82) is 0 Å². The Balaban J connectivity index is 2.20. The van der Waals surface area contributed by atoms with Gasteiger partial charge in [0.1, 0.15) is 5.82 Å². The zero-order chi connectivity index (χ0) is 15.9. The predicted molar refractivity (Wildman–Crippen MR) is 98.0 cm³/mol. The van der Waals surface area contributed by atoms with Crippen LogP contribution in [0.2, 0.25) is 0 Å². The summed E-state index contributed by atoms with van der Waals surface area (Å²) in [7, 11) is 1.38. The first-order chi connectivity index (χ1) is 10.5. The summed E-state index contributed by atoms with van der Waals surface area (Å²) < 4.78 is 6.75. The third-order valence-electron chi connectivity index (χ3n) is 3.49. The van der Waals surface area contributed by atoms with Gasteiger partial charge in [0.15, 0.2) is 0 Å². The number of benzene rings is 2. The van der Waals surface area contributed by atoms with Crippen molar-refractivity contribution >= 4 is 55.5 Å². The molecule has 0 unspecified atom stereocenters. The molecule has 0 radical (unpaired) electrons. The van der Waals surface area contributed by atoms with Gasteiger partial charge < -0.3 is 9.72 Å². The number of H-pyrrole nitrogens is 1. The van der Waals surface area contributed by atoms with Crippen LogP contribution in [-0.2, 0) is 4.74 Å². The molecule has 0 saturated heterocycles. The number of hydrogen-bond donors (Lipinski definition) is 1. The highest BCUT2D eigenvalue weighted by Gasteiger charge is 2.14. The molecule has 3 aromatic rings. The molecule has 1 N–H and O–H groups in total. The van der Waals surface area contributed by atoms with E-state index in [2.05, 4.69) is 48.5 Å². The standard InChI is InChI=1S/C16H12BrIN2O2/c1-8-10(4-3-5-11(8)17)15-19-13-7-9(16(21)22-2)6-12(18)14(13)20-15/h3-7H,1-2H3,(H,19,20). The molecule has 0 amide bonds. The van der Waals surface area contributed by atoms with E-state index in [0.29, 0.717) is 5.56 Å². The lowest BCUT2D eigenvalue weighted by Gasteiger charge is -2.03. The van der Waals surface area contributed by atoms with Crippen molar-refractivity contribution < 1.29 is 9.53 Å². The number of methoxy groups -OCH3 is 1. The second kappa shape index (κ2) is 6.00. The van der Waals surface area contributed by atoms with Gasteiger partial charge in [0.2, 0.25) is 0 Å². The van der Waals surface area contributed by atoms with Gasteiger partial charge in [0.05, 0.1) is 23.7 Å². The number of ether oxygens (including phenoxy) is 1. The molecule has 0 bridgehead atoms. The average Bonchev–Trinajstić information content (AvgIpc) is 2.93. The van der Waals surface area contributed by atoms with Crippen LogP contribution in [-0.4, -0.2) is 23.0 Å². The molecule has 22 heavy (non-hydrogen) atoms. The SMILES string of the molecule is COC(=O)c1cc(I)c2[nH]c(-c3cccc(Br)c3C)nc2c1. The normalized spacial score (nSPS) is 10.9. The topological polar surface area (TPSA) is 55.0 Å². The van der Waals surface area contributed by atoms with Gasteiger partial charge in [-0.05, 0) is 53.3 Å². The first kappa shape index (κ1) is 15.5. The Labute approximate surface area is 149 Å². The van der Waals surface area contributed by atoms with Crippen LogP contribution in [0, 0.1) is 10.5 Å². The lowest BCUT2D eigenvalue weighted by Crippen LogP contribution is -2.01. The highest BCUT2D eigenvalue weighted by atomic mass is 127. The molecule has 0 fully saturated rings. The number of nitrogens with zero attached hydrogens (tertiary/aromatic N) is 1. The van der Waals surface area contributed by atoms with Crippen molar-refractivity contribution in [3.63, 3.8) is 0 Å². The van der Waals surface area contributed by atoms with Crippen LogP contribution < -0.4 is 0 Å². The molecular formula is C16H12BrIN2O2. The molecule has 112 valence electrons. The zero-order valence-electron chi connectivity index (χ0n) is 11.9. The van der Waals surface area contributed by atoms with Gasteiger partial charge in [-0.2, -0.15) is 0 Å². The summed E-state index contributed by atoms with van der Waals surface area (Å²) >= 11 is 5.73. The van der Waals surface area contributed by atoms with Gasteiger partial charge in [-0.15, -0.1) is 0 Å². The van der Waals surface area contributed by atoms with Crippen molar-refractivity contribution in [2.75, 3.05) is 7.11 Å². The summed E-state index contributed by atoms with van der Waals surface area (Å²) in [6.07, 6.45) is 0. The molecule has 1 heterocycles. The van der Waals surface area contributed by atoms with Crippen LogP contribution in [0.3, 0.4) is 0 Å². The highest BCUT2D eigenvalue weighted by molar-refractivity contribution is 14.1. The lowest BCUT2D eigenvalue weighted by molar-refractivity contribution is 0.0601. The third kappa shape index (κ3) is 2.65. The van der Waals surface area contributed by atoms with E-state index in [1.807, 2.05) is 25.1 Å². The maximum Gasteiger partial charge on any atom is 0.337 e. The number of carbonyl (C=O) groups excluding carboxylic acids is 1. The van der Waals surface area contributed by atoms with E-state index < -0.39 is 0 Å². The average molecular weight is 471 g/mol. The molecule has 1 aromatic heterocycles. The van der Waals surface area contributed by atoms with Gasteiger partial charge in [-0.3, -0.25) is 0 Å². The van der Waals surface area contributed by atoms with Crippen LogP contribution in [0.4, 0.5) is 0 Å². The summed E-state index contributed by atoms with van der Waals surface area (Å²) in [6, 6.07) is 9.54. The van der Waals surface area contributed by atoms with Crippen molar-refractivity contribution in [3.05, 3.63) is 49.5 Å². The van der Waals surface area contributed by atoms with Gasteiger partial charge in [-0.25, -0.2) is 9.78 Å². The number of rotatable bonds is 2. The number of halogens is 2. The van der Waals surface area contributed by atoms with E-state index in [-0.39, 0.29) is 5.97 Å². The molecule has 0 atom stereocenters. The van der Waals surface area contributed by atoms with E-state index in [4.69, 9.17) is 4.74 Å². The Bertz CT molecular complexity index is 889. The molecule has 6 heteroatoms. The Kier molecular flexibility index (Phi) is 4.22. The Morgan fingerprint density at radius 2 is 2.14 bits per heavy atom. The number of esters is 1. The van der Waals surface area contributed by atoms with Crippen LogP contribution >= 0.6 is 38.5 Å². The Morgan fingerprint density at radius 3 is 2.86 bits per heavy atom. The van der Waals surface area contributed by atoms with E-state index in [1.54, 1.807) is 12.1 Å². The zero-order valence-corrected chi connectivity index (χ0v) is 15.6. The summed E-state index contributed by atoms with van der Waals surface area (Å²) in [5.74, 6) is 0.428. The number of nitrogens with one attached hydrogen (secondary N) is 1. The van der Waals surface area contributed by atoms with Gasteiger partial charge in [-0.1, -0.05) is 28.1 Å². The number of aromatic nitrogens is 2. The van der Waals surface area contributed by atoms with E-state index in [0.717, 1.165) is 36.0 Å². The summed E-state index contributed by atoms with van der Waals surface area (Å²) in [6.45, 7) is 2.04. The van der Waals surface area contributed by atoms with E-state index >= 15 is 0 Å². The number of aromatic amines is 1. The monoisotopic (exact) mass is 470 g/mol. The quantitative estimate of drug-likeness (QED) is 0.436. The van der Waals surface area contributed by atoms with Crippen LogP contribution in [0.1, 0.15) is 15.9 Å². The maximum absolute atomic E-state index is 11.7. The molecular weight excluding hydrogens is 459 g/mol. The van der Waals surface area contributed by atoms with Crippen molar-refractivity contribution in [2.24, 2.45) is 0 Å². The third-order valence-corrected chi connectivity index (χ3v) is 5.20. The van der Waals surface area contributed by atoms with Crippen LogP contribution in [0.5, 0.6) is 0 Å².